The van der Waals surface area contributed by atoms with Crippen molar-refractivity contribution >= 4 is 6.09 Å². The van der Waals surface area contributed by atoms with Crippen LogP contribution in [0.25, 0.3) is 0 Å². The summed E-state index contributed by atoms with van der Waals surface area (Å²) in [5.41, 5.74) is 0.0158. The number of carbonyl (C=O) groups excluding carboxylic acids is 1. The minimum atomic E-state index is -0.421. The molecule has 1 atom stereocenters. The summed E-state index contributed by atoms with van der Waals surface area (Å²) in [5, 5.41) is 6.12. The van der Waals surface area contributed by atoms with E-state index in [1.165, 1.54) is 6.42 Å². The van der Waals surface area contributed by atoms with Gasteiger partial charge in [0.2, 0.25) is 0 Å². The summed E-state index contributed by atoms with van der Waals surface area (Å²) in [5.74, 6) is 0. The lowest BCUT2D eigenvalue weighted by Crippen LogP contribution is -2.37. The van der Waals surface area contributed by atoms with Crippen LogP contribution in [0.15, 0.2) is 0 Å². The molecule has 94 valence electrons. The maximum atomic E-state index is 11.3. The Morgan fingerprint density at radius 2 is 1.94 bits per heavy atom. The molecule has 0 aliphatic heterocycles. The highest BCUT2D eigenvalue weighted by atomic mass is 16.6. The van der Waals surface area contributed by atoms with Crippen LogP contribution in [-0.4, -0.2) is 30.8 Å². The van der Waals surface area contributed by atoms with Gasteiger partial charge >= 0.3 is 6.09 Å². The number of amides is 1. The fourth-order valence-corrected chi connectivity index (χ4v) is 1.54. The van der Waals surface area contributed by atoms with Crippen molar-refractivity contribution in [1.82, 2.24) is 10.6 Å². The number of carbonyl (C=O) groups is 1. The summed E-state index contributed by atoms with van der Waals surface area (Å²) in [6.07, 6.45) is 0.878. The molecule has 2 N–H and O–H groups in total. The average molecular weight is 228 g/mol. The number of hydrogen-bond acceptors (Lipinski definition) is 3. The second kappa shape index (κ2) is 4.62. The van der Waals surface area contributed by atoms with E-state index in [2.05, 4.69) is 24.5 Å². The molecule has 1 amide bonds. The van der Waals surface area contributed by atoms with Gasteiger partial charge in [-0.15, -0.1) is 0 Å². The van der Waals surface area contributed by atoms with E-state index in [0.717, 1.165) is 6.54 Å². The van der Waals surface area contributed by atoms with Crippen molar-refractivity contribution in [2.24, 2.45) is 5.41 Å². The number of rotatable bonds is 4. The molecular weight excluding hydrogens is 204 g/mol. The Kier molecular flexibility index (Phi) is 3.84. The van der Waals surface area contributed by atoms with Crippen molar-refractivity contribution in [3.63, 3.8) is 0 Å². The predicted molar refractivity (Wildman–Crippen MR) is 64.4 cm³/mol. The molecule has 1 aliphatic carbocycles. The highest BCUT2D eigenvalue weighted by Gasteiger charge is 2.44. The van der Waals surface area contributed by atoms with Crippen molar-refractivity contribution in [3.8, 4) is 0 Å². The third-order valence-corrected chi connectivity index (χ3v) is 2.70. The van der Waals surface area contributed by atoms with E-state index >= 15 is 0 Å². The van der Waals surface area contributed by atoms with Crippen molar-refractivity contribution in [1.29, 1.82) is 0 Å². The Morgan fingerprint density at radius 3 is 2.38 bits per heavy atom. The molecular formula is C12H24N2O2. The summed E-state index contributed by atoms with van der Waals surface area (Å²) in [6, 6.07) is 0.605. The van der Waals surface area contributed by atoms with Crippen molar-refractivity contribution in [2.45, 2.75) is 52.7 Å². The third kappa shape index (κ3) is 4.84. The number of nitrogens with one attached hydrogen (secondary N) is 2. The van der Waals surface area contributed by atoms with Gasteiger partial charge in [0.15, 0.2) is 0 Å². The molecule has 1 aliphatic rings. The molecule has 0 spiro atoms. The molecule has 4 heteroatoms. The molecule has 0 aromatic heterocycles. The maximum Gasteiger partial charge on any atom is 0.407 e. The van der Waals surface area contributed by atoms with Gasteiger partial charge in [-0.3, -0.25) is 0 Å². The average Bonchev–Trinajstić information content (AvgIpc) is 2.65. The number of hydrogen-bond donors (Lipinski definition) is 2. The third-order valence-electron chi connectivity index (χ3n) is 2.70. The molecule has 0 bridgehead atoms. The van der Waals surface area contributed by atoms with Gasteiger partial charge in [-0.25, -0.2) is 4.79 Å². The molecule has 16 heavy (non-hydrogen) atoms. The van der Waals surface area contributed by atoms with Crippen LogP contribution >= 0.6 is 0 Å². The fraction of sp³-hybridized carbons (Fsp3) is 0.917. The van der Waals surface area contributed by atoms with Gasteiger partial charge in [-0.05, 0) is 32.6 Å². The summed E-state index contributed by atoms with van der Waals surface area (Å²) in [6.45, 7) is 11.5. The zero-order valence-corrected chi connectivity index (χ0v) is 11.0. The van der Waals surface area contributed by atoms with E-state index < -0.39 is 5.60 Å². The summed E-state index contributed by atoms with van der Waals surface area (Å²) in [7, 11) is 0. The molecule has 0 aromatic carbocycles. The summed E-state index contributed by atoms with van der Waals surface area (Å²) >= 11 is 0. The summed E-state index contributed by atoms with van der Waals surface area (Å²) < 4.78 is 5.12. The highest BCUT2D eigenvalue weighted by molar-refractivity contribution is 5.67. The number of ether oxygens (including phenoxy) is 1. The first kappa shape index (κ1) is 13.3. The lowest BCUT2D eigenvalue weighted by molar-refractivity contribution is 0.0528. The van der Waals surface area contributed by atoms with Crippen molar-refractivity contribution in [2.75, 3.05) is 13.1 Å². The van der Waals surface area contributed by atoms with Gasteiger partial charge in [-0.1, -0.05) is 13.8 Å². The topological polar surface area (TPSA) is 50.4 Å². The number of alkyl carbamates (subject to hydrolysis) is 1. The smallest absolute Gasteiger partial charge is 0.407 e. The zero-order chi connectivity index (χ0) is 12.4. The second-order valence-corrected chi connectivity index (χ2v) is 6.13. The van der Waals surface area contributed by atoms with E-state index in [9.17, 15) is 4.79 Å². The molecule has 0 aromatic rings. The standard InChI is InChI=1S/C12H24N2O2/c1-11(2,3)16-10(15)14-7-6-13-9-8-12(9,4)5/h9,13H,6-8H2,1-5H3,(H,14,15). The van der Waals surface area contributed by atoms with Crippen LogP contribution in [0.2, 0.25) is 0 Å². The Hall–Kier alpha value is -0.770. The Balaban J connectivity index is 2.01. The lowest BCUT2D eigenvalue weighted by Gasteiger charge is -2.19. The van der Waals surface area contributed by atoms with Gasteiger partial charge in [0.05, 0.1) is 0 Å². The largest absolute Gasteiger partial charge is 0.444 e. The van der Waals surface area contributed by atoms with Crippen molar-refractivity contribution < 1.29 is 9.53 Å². The minimum absolute atomic E-state index is 0.343. The van der Waals surface area contributed by atoms with Gasteiger partial charge in [0.25, 0.3) is 0 Å². The first-order valence-corrected chi connectivity index (χ1v) is 5.91. The molecule has 1 unspecified atom stereocenters. The molecule has 0 radical (unpaired) electrons. The van der Waals surface area contributed by atoms with E-state index in [0.29, 0.717) is 18.0 Å². The van der Waals surface area contributed by atoms with Gasteiger partial charge in [0, 0.05) is 19.1 Å². The van der Waals surface area contributed by atoms with Gasteiger partial charge in [0.1, 0.15) is 5.60 Å². The molecule has 0 heterocycles. The molecule has 1 rings (SSSR count). The quantitative estimate of drug-likeness (QED) is 0.723. The molecule has 1 fully saturated rings. The molecule has 0 saturated heterocycles. The lowest BCUT2D eigenvalue weighted by atomic mass is 10.2. The van der Waals surface area contributed by atoms with Crippen LogP contribution in [0.5, 0.6) is 0 Å². The monoisotopic (exact) mass is 228 g/mol. The van der Waals surface area contributed by atoms with E-state index in [1.54, 1.807) is 0 Å². The van der Waals surface area contributed by atoms with Gasteiger partial charge < -0.3 is 15.4 Å². The normalized spacial score (nSPS) is 22.7. The Labute approximate surface area is 98.1 Å². The minimum Gasteiger partial charge on any atom is -0.444 e. The first-order valence-electron chi connectivity index (χ1n) is 5.91. The summed E-state index contributed by atoms with van der Waals surface area (Å²) in [4.78, 5) is 11.3. The van der Waals surface area contributed by atoms with E-state index in [4.69, 9.17) is 4.74 Å². The van der Waals surface area contributed by atoms with Crippen LogP contribution in [-0.2, 0) is 4.74 Å². The predicted octanol–water partition coefficient (Wildman–Crippen LogP) is 1.90. The Morgan fingerprint density at radius 1 is 1.38 bits per heavy atom. The molecule has 4 nitrogen and oxygen atoms in total. The van der Waals surface area contributed by atoms with Crippen molar-refractivity contribution in [3.05, 3.63) is 0 Å². The highest BCUT2D eigenvalue weighted by Crippen LogP contribution is 2.44. The van der Waals surface area contributed by atoms with Crippen LogP contribution in [0.4, 0.5) is 4.79 Å². The van der Waals surface area contributed by atoms with Crippen LogP contribution in [0.1, 0.15) is 41.0 Å². The molecule has 1 saturated carbocycles. The maximum absolute atomic E-state index is 11.3. The van der Waals surface area contributed by atoms with Gasteiger partial charge in [-0.2, -0.15) is 0 Å². The second-order valence-electron chi connectivity index (χ2n) is 6.13. The fourth-order valence-electron chi connectivity index (χ4n) is 1.54. The van der Waals surface area contributed by atoms with Crippen LogP contribution in [0.3, 0.4) is 0 Å². The SMILES string of the molecule is CC(C)(C)OC(=O)NCCNC1CC1(C)C. The Bertz CT molecular complexity index is 256. The zero-order valence-electron chi connectivity index (χ0n) is 11.0. The first-order chi connectivity index (χ1) is 7.21. The van der Waals surface area contributed by atoms with E-state index in [-0.39, 0.29) is 6.09 Å². The van der Waals surface area contributed by atoms with Crippen LogP contribution < -0.4 is 10.6 Å². The van der Waals surface area contributed by atoms with E-state index in [1.807, 2.05) is 20.8 Å². The van der Waals surface area contributed by atoms with Crippen LogP contribution in [0, 0.1) is 5.41 Å².